The second-order valence-electron chi connectivity index (χ2n) is 4.90. The van der Waals surface area contributed by atoms with Gasteiger partial charge < -0.3 is 0 Å². The zero-order chi connectivity index (χ0) is 16.3. The highest BCUT2D eigenvalue weighted by molar-refractivity contribution is 5.76. The molecule has 2 aromatic heterocycles. The van der Waals surface area contributed by atoms with Crippen molar-refractivity contribution in [2.75, 3.05) is 0 Å². The van der Waals surface area contributed by atoms with Gasteiger partial charge in [0.2, 0.25) is 0 Å². The summed E-state index contributed by atoms with van der Waals surface area (Å²) < 4.78 is 0. The van der Waals surface area contributed by atoms with Gasteiger partial charge in [0.25, 0.3) is 0 Å². The summed E-state index contributed by atoms with van der Waals surface area (Å²) in [6, 6.07) is 0. The zero-order valence-electron chi connectivity index (χ0n) is 12.9. The molecular weight excluding hydrogens is 280 g/mol. The fourth-order valence-electron chi connectivity index (χ4n) is 1.97. The fraction of sp³-hybridized carbons (Fsp3) is 0.250. The van der Waals surface area contributed by atoms with Crippen LogP contribution in [0.3, 0.4) is 0 Å². The molecule has 0 aliphatic heterocycles. The molecule has 2 aromatic rings. The van der Waals surface area contributed by atoms with Crippen molar-refractivity contribution in [2.24, 2.45) is 0 Å². The van der Waals surface area contributed by atoms with Gasteiger partial charge in [0.15, 0.2) is 12.6 Å². The molecule has 6 nitrogen and oxygen atoms in total. The second kappa shape index (κ2) is 6.34. The second-order valence-corrected chi connectivity index (χ2v) is 4.90. The molecule has 0 N–H and O–H groups in total. The van der Waals surface area contributed by atoms with Crippen molar-refractivity contribution in [3.05, 3.63) is 45.6 Å². The maximum Gasteiger partial charge on any atom is 0.170 e. The predicted octanol–water partition coefficient (Wildman–Crippen LogP) is 2.30. The lowest BCUT2D eigenvalue weighted by Gasteiger charge is -2.05. The molecule has 0 saturated carbocycles. The number of hydrogen-bond donors (Lipinski definition) is 0. The van der Waals surface area contributed by atoms with Crippen LogP contribution in [0.2, 0.25) is 0 Å². The molecule has 0 atom stereocenters. The number of aldehydes is 2. The Kier molecular flexibility index (Phi) is 4.50. The first-order valence-corrected chi connectivity index (χ1v) is 6.75. The quantitative estimate of drug-likeness (QED) is 0.805. The van der Waals surface area contributed by atoms with Crippen molar-refractivity contribution in [1.82, 2.24) is 19.9 Å². The smallest absolute Gasteiger partial charge is 0.170 e. The van der Waals surface area contributed by atoms with E-state index >= 15 is 0 Å². The van der Waals surface area contributed by atoms with Crippen LogP contribution in [0, 0.1) is 27.7 Å². The van der Waals surface area contributed by atoms with Gasteiger partial charge in [-0.2, -0.15) is 0 Å². The highest BCUT2D eigenvalue weighted by atomic mass is 16.1. The van der Waals surface area contributed by atoms with Crippen LogP contribution in [0.15, 0.2) is 0 Å². The Labute approximate surface area is 128 Å². The third-order valence-electron chi connectivity index (χ3n) is 3.26. The third-order valence-corrected chi connectivity index (χ3v) is 3.26. The molecule has 0 saturated heterocycles. The average Bonchev–Trinajstić information content (AvgIpc) is 2.50. The largest absolute Gasteiger partial charge is 0.296 e. The van der Waals surface area contributed by atoms with E-state index in [2.05, 4.69) is 19.9 Å². The van der Waals surface area contributed by atoms with Crippen LogP contribution < -0.4 is 0 Å². The summed E-state index contributed by atoms with van der Waals surface area (Å²) >= 11 is 0. The Morgan fingerprint density at radius 1 is 0.545 bits per heavy atom. The molecule has 2 rings (SSSR count). The number of aromatic nitrogens is 4. The van der Waals surface area contributed by atoms with Crippen molar-refractivity contribution >= 4 is 24.7 Å². The van der Waals surface area contributed by atoms with Gasteiger partial charge in [-0.25, -0.2) is 19.9 Å². The molecule has 22 heavy (non-hydrogen) atoms. The van der Waals surface area contributed by atoms with E-state index in [1.807, 2.05) is 0 Å². The van der Waals surface area contributed by atoms with E-state index in [0.717, 1.165) is 0 Å². The molecule has 0 fully saturated rings. The summed E-state index contributed by atoms with van der Waals surface area (Å²) in [5, 5.41) is 0. The molecule has 2 heterocycles. The van der Waals surface area contributed by atoms with Gasteiger partial charge in [-0.1, -0.05) is 0 Å². The zero-order valence-corrected chi connectivity index (χ0v) is 12.9. The standard InChI is InChI=1S/C16H16N4O2/c1-9-13(17-11(3)15(7-21)19-9)5-6-14-10(2)20-16(8-22)12(4)18-14/h5-8H,1-4H3/b6-5+. The van der Waals surface area contributed by atoms with Gasteiger partial charge in [0.05, 0.1) is 34.2 Å². The molecule has 0 unspecified atom stereocenters. The molecule has 112 valence electrons. The minimum absolute atomic E-state index is 0.344. The molecule has 0 aliphatic rings. The highest BCUT2D eigenvalue weighted by Gasteiger charge is 2.07. The number of aryl methyl sites for hydroxylation is 4. The SMILES string of the molecule is Cc1nc(/C=C/c2nc(C)c(C=O)nc2C)c(C)nc1C=O. The van der Waals surface area contributed by atoms with Gasteiger partial charge in [-0.3, -0.25) is 9.59 Å². The third kappa shape index (κ3) is 3.11. The summed E-state index contributed by atoms with van der Waals surface area (Å²) in [4.78, 5) is 38.8. The first-order chi connectivity index (χ1) is 10.5. The fourth-order valence-corrected chi connectivity index (χ4v) is 1.97. The van der Waals surface area contributed by atoms with E-state index in [9.17, 15) is 9.59 Å². The number of hydrogen-bond acceptors (Lipinski definition) is 6. The number of carbonyl (C=O) groups excluding carboxylic acids is 2. The Morgan fingerprint density at radius 2 is 0.818 bits per heavy atom. The lowest BCUT2D eigenvalue weighted by molar-refractivity contribution is 0.111. The number of carbonyl (C=O) groups is 2. The van der Waals surface area contributed by atoms with Crippen LogP contribution in [0.25, 0.3) is 12.2 Å². The number of rotatable bonds is 4. The van der Waals surface area contributed by atoms with Crippen molar-refractivity contribution in [3.8, 4) is 0 Å². The van der Waals surface area contributed by atoms with Crippen LogP contribution in [-0.4, -0.2) is 32.5 Å². The van der Waals surface area contributed by atoms with E-state index in [4.69, 9.17) is 0 Å². The highest BCUT2D eigenvalue weighted by Crippen LogP contribution is 2.13. The minimum Gasteiger partial charge on any atom is -0.296 e. The van der Waals surface area contributed by atoms with Crippen LogP contribution in [0.1, 0.15) is 55.1 Å². The molecule has 0 radical (unpaired) electrons. The van der Waals surface area contributed by atoms with Crippen LogP contribution in [0.5, 0.6) is 0 Å². The van der Waals surface area contributed by atoms with Gasteiger partial charge in [-0.15, -0.1) is 0 Å². The maximum absolute atomic E-state index is 10.8. The molecule has 0 aliphatic carbocycles. The Hall–Kier alpha value is -2.76. The van der Waals surface area contributed by atoms with Gasteiger partial charge in [0, 0.05) is 0 Å². The predicted molar refractivity (Wildman–Crippen MR) is 82.7 cm³/mol. The van der Waals surface area contributed by atoms with Gasteiger partial charge >= 0.3 is 0 Å². The van der Waals surface area contributed by atoms with Crippen molar-refractivity contribution in [3.63, 3.8) is 0 Å². The van der Waals surface area contributed by atoms with E-state index in [1.54, 1.807) is 39.8 Å². The van der Waals surface area contributed by atoms with Crippen LogP contribution in [-0.2, 0) is 0 Å². The molecule has 6 heteroatoms. The lowest BCUT2D eigenvalue weighted by Crippen LogP contribution is -2.03. The topological polar surface area (TPSA) is 85.7 Å². The Balaban J connectivity index is 2.41. The first-order valence-electron chi connectivity index (χ1n) is 6.75. The van der Waals surface area contributed by atoms with E-state index in [1.165, 1.54) is 0 Å². The lowest BCUT2D eigenvalue weighted by atomic mass is 10.2. The minimum atomic E-state index is 0.344. The van der Waals surface area contributed by atoms with E-state index in [0.29, 0.717) is 58.1 Å². The maximum atomic E-state index is 10.8. The van der Waals surface area contributed by atoms with E-state index in [-0.39, 0.29) is 0 Å². The average molecular weight is 296 g/mol. The molecular formula is C16H16N4O2. The Morgan fingerprint density at radius 3 is 1.14 bits per heavy atom. The van der Waals surface area contributed by atoms with Crippen molar-refractivity contribution in [1.29, 1.82) is 0 Å². The van der Waals surface area contributed by atoms with E-state index < -0.39 is 0 Å². The van der Waals surface area contributed by atoms with Gasteiger partial charge in [-0.05, 0) is 39.8 Å². The Bertz CT molecular complexity index is 717. The normalized spacial score (nSPS) is 10.9. The summed E-state index contributed by atoms with van der Waals surface area (Å²) in [7, 11) is 0. The molecule has 0 spiro atoms. The van der Waals surface area contributed by atoms with Crippen LogP contribution in [0.4, 0.5) is 0 Å². The van der Waals surface area contributed by atoms with Gasteiger partial charge in [0.1, 0.15) is 11.4 Å². The summed E-state index contributed by atoms with van der Waals surface area (Å²) in [6.07, 6.45) is 4.95. The number of nitrogens with zero attached hydrogens (tertiary/aromatic N) is 4. The van der Waals surface area contributed by atoms with Crippen molar-refractivity contribution in [2.45, 2.75) is 27.7 Å². The summed E-state index contributed by atoms with van der Waals surface area (Å²) in [6.45, 7) is 7.06. The van der Waals surface area contributed by atoms with Crippen LogP contribution >= 0.6 is 0 Å². The molecule has 0 aromatic carbocycles. The first kappa shape index (κ1) is 15.6. The van der Waals surface area contributed by atoms with Crippen molar-refractivity contribution < 1.29 is 9.59 Å². The molecule has 0 amide bonds. The summed E-state index contributed by atoms with van der Waals surface area (Å²) in [5.74, 6) is 0. The molecule has 0 bridgehead atoms. The monoisotopic (exact) mass is 296 g/mol. The summed E-state index contributed by atoms with van der Waals surface area (Å²) in [5.41, 5.74) is 4.51.